The van der Waals surface area contributed by atoms with Crippen molar-refractivity contribution in [2.45, 2.75) is 19.5 Å². The molecule has 1 aromatic heterocycles. The van der Waals surface area contributed by atoms with E-state index >= 15 is 0 Å². The van der Waals surface area contributed by atoms with Gasteiger partial charge in [-0.1, -0.05) is 12.1 Å². The summed E-state index contributed by atoms with van der Waals surface area (Å²) in [5.41, 5.74) is 0.549. The van der Waals surface area contributed by atoms with Gasteiger partial charge in [-0.2, -0.15) is 0 Å². The minimum atomic E-state index is -0.483. The highest BCUT2D eigenvalue weighted by Gasteiger charge is 2.29. The van der Waals surface area contributed by atoms with Crippen LogP contribution in [0.5, 0.6) is 0 Å². The molecule has 5 heteroatoms. The molecule has 0 bridgehead atoms. The summed E-state index contributed by atoms with van der Waals surface area (Å²) in [5.74, 6) is 0.593. The van der Waals surface area contributed by atoms with Gasteiger partial charge in [-0.3, -0.25) is 14.2 Å². The highest BCUT2D eigenvalue weighted by atomic mass is 16.2. The van der Waals surface area contributed by atoms with E-state index in [2.05, 4.69) is 4.98 Å². The van der Waals surface area contributed by atoms with Gasteiger partial charge in [-0.15, -0.1) is 0 Å². The van der Waals surface area contributed by atoms with Gasteiger partial charge in [0.15, 0.2) is 0 Å². The Hall–Kier alpha value is -2.17. The smallest absolute Gasteiger partial charge is 0.262 e. The van der Waals surface area contributed by atoms with Crippen LogP contribution in [0.2, 0.25) is 0 Å². The van der Waals surface area contributed by atoms with Crippen molar-refractivity contribution in [1.82, 2.24) is 14.5 Å². The molecule has 0 fully saturated rings. The second-order valence-corrected chi connectivity index (χ2v) is 4.59. The standard InChI is InChI=1S/C13H13N3O2/c1-8-12(17)15(2)7-11-14-10-6-4-3-5-9(10)13(18)16(8)11/h3-6,8H,7H2,1-2H3. The third-order valence-electron chi connectivity index (χ3n) is 3.38. The first-order valence-corrected chi connectivity index (χ1v) is 5.84. The largest absolute Gasteiger partial charge is 0.336 e. The minimum absolute atomic E-state index is 0.0540. The molecular formula is C13H13N3O2. The monoisotopic (exact) mass is 243 g/mol. The fourth-order valence-corrected chi connectivity index (χ4v) is 2.42. The quantitative estimate of drug-likeness (QED) is 0.691. The summed E-state index contributed by atoms with van der Waals surface area (Å²) < 4.78 is 1.50. The summed E-state index contributed by atoms with van der Waals surface area (Å²) in [6.07, 6.45) is 0. The molecule has 18 heavy (non-hydrogen) atoms. The molecule has 1 aliphatic rings. The highest BCUT2D eigenvalue weighted by molar-refractivity contribution is 5.82. The predicted octanol–water partition coefficient (Wildman–Crippen LogP) is 0.929. The van der Waals surface area contributed by atoms with Crippen molar-refractivity contribution in [3.63, 3.8) is 0 Å². The first-order chi connectivity index (χ1) is 8.59. The molecule has 3 rings (SSSR count). The molecule has 0 radical (unpaired) electrons. The summed E-state index contributed by atoms with van der Waals surface area (Å²) >= 11 is 0. The molecule has 0 saturated carbocycles. The third kappa shape index (κ3) is 1.37. The number of nitrogens with zero attached hydrogens (tertiary/aromatic N) is 3. The molecule has 2 aromatic rings. The maximum Gasteiger partial charge on any atom is 0.262 e. The van der Waals surface area contributed by atoms with E-state index in [-0.39, 0.29) is 11.5 Å². The van der Waals surface area contributed by atoms with Crippen molar-refractivity contribution in [2.75, 3.05) is 7.05 Å². The molecule has 5 nitrogen and oxygen atoms in total. The van der Waals surface area contributed by atoms with E-state index in [0.29, 0.717) is 23.3 Å². The summed E-state index contributed by atoms with van der Waals surface area (Å²) in [5, 5.41) is 0.561. The Morgan fingerprint density at radius 3 is 2.78 bits per heavy atom. The summed E-state index contributed by atoms with van der Waals surface area (Å²) in [6.45, 7) is 2.11. The normalized spacial score (nSPS) is 19.1. The maximum absolute atomic E-state index is 12.4. The highest BCUT2D eigenvalue weighted by Crippen LogP contribution is 2.19. The van der Waals surface area contributed by atoms with Crippen molar-refractivity contribution in [3.05, 3.63) is 40.4 Å². The molecule has 1 amide bonds. The van der Waals surface area contributed by atoms with Crippen molar-refractivity contribution in [1.29, 1.82) is 0 Å². The lowest BCUT2D eigenvalue weighted by molar-refractivity contribution is -0.135. The number of carbonyl (C=O) groups is 1. The van der Waals surface area contributed by atoms with Crippen LogP contribution in [0.25, 0.3) is 10.9 Å². The molecule has 0 N–H and O–H groups in total. The first kappa shape index (κ1) is 11.0. The average molecular weight is 243 g/mol. The van der Waals surface area contributed by atoms with Gasteiger partial charge in [0.05, 0.1) is 17.4 Å². The molecule has 0 aliphatic carbocycles. The number of hydrogen-bond donors (Lipinski definition) is 0. The van der Waals surface area contributed by atoms with Crippen LogP contribution in [-0.4, -0.2) is 27.4 Å². The Labute approximate surface area is 104 Å². The third-order valence-corrected chi connectivity index (χ3v) is 3.38. The zero-order valence-electron chi connectivity index (χ0n) is 10.3. The fraction of sp³-hybridized carbons (Fsp3) is 0.308. The number of aromatic nitrogens is 2. The average Bonchev–Trinajstić information content (AvgIpc) is 2.36. The van der Waals surface area contributed by atoms with Crippen molar-refractivity contribution in [2.24, 2.45) is 0 Å². The van der Waals surface area contributed by atoms with Crippen molar-refractivity contribution in [3.8, 4) is 0 Å². The zero-order chi connectivity index (χ0) is 12.9. The minimum Gasteiger partial charge on any atom is -0.336 e. The fourth-order valence-electron chi connectivity index (χ4n) is 2.42. The molecule has 0 saturated heterocycles. The van der Waals surface area contributed by atoms with Crippen LogP contribution in [0.1, 0.15) is 18.8 Å². The van der Waals surface area contributed by atoms with E-state index in [4.69, 9.17) is 0 Å². The van der Waals surface area contributed by atoms with E-state index in [9.17, 15) is 9.59 Å². The van der Waals surface area contributed by atoms with Crippen LogP contribution in [0.3, 0.4) is 0 Å². The lowest BCUT2D eigenvalue weighted by Crippen LogP contribution is -2.44. The molecule has 1 aromatic carbocycles. The number of carbonyl (C=O) groups excluding carboxylic acids is 1. The molecule has 0 spiro atoms. The number of amides is 1. The van der Waals surface area contributed by atoms with Gasteiger partial charge in [0.1, 0.15) is 11.9 Å². The number of fused-ring (bicyclic) bond motifs is 2. The Balaban J connectivity index is 2.38. The van der Waals surface area contributed by atoms with E-state index in [1.807, 2.05) is 12.1 Å². The molecule has 1 unspecified atom stereocenters. The van der Waals surface area contributed by atoms with Crippen LogP contribution in [0.15, 0.2) is 29.1 Å². The molecule has 2 heterocycles. The van der Waals surface area contributed by atoms with Crippen LogP contribution in [0, 0.1) is 0 Å². The maximum atomic E-state index is 12.4. The summed E-state index contributed by atoms with van der Waals surface area (Å²) in [4.78, 5) is 30.4. The van der Waals surface area contributed by atoms with Gasteiger partial charge >= 0.3 is 0 Å². The Kier molecular flexibility index (Phi) is 2.23. The van der Waals surface area contributed by atoms with Crippen LogP contribution < -0.4 is 5.56 Å². The SMILES string of the molecule is CC1C(=O)N(C)Cc2nc3ccccc3c(=O)n21. The van der Waals surface area contributed by atoms with Crippen LogP contribution >= 0.6 is 0 Å². The summed E-state index contributed by atoms with van der Waals surface area (Å²) in [7, 11) is 1.73. The zero-order valence-corrected chi connectivity index (χ0v) is 10.3. The van der Waals surface area contributed by atoms with E-state index in [1.54, 1.807) is 31.0 Å². The number of para-hydroxylation sites is 1. The topological polar surface area (TPSA) is 55.2 Å². The van der Waals surface area contributed by atoms with Crippen molar-refractivity contribution < 1.29 is 4.79 Å². The second kappa shape index (κ2) is 3.66. The molecule has 1 atom stereocenters. The number of rotatable bonds is 0. The lowest BCUT2D eigenvalue weighted by atomic mass is 10.2. The summed E-state index contributed by atoms with van der Waals surface area (Å²) in [6, 6.07) is 6.74. The number of hydrogen-bond acceptors (Lipinski definition) is 3. The van der Waals surface area contributed by atoms with E-state index in [1.165, 1.54) is 4.57 Å². The number of likely N-dealkylation sites (N-methyl/N-ethyl adjacent to an activating group) is 1. The van der Waals surface area contributed by atoms with Crippen LogP contribution in [-0.2, 0) is 11.3 Å². The van der Waals surface area contributed by atoms with Crippen LogP contribution in [0.4, 0.5) is 0 Å². The number of benzene rings is 1. The van der Waals surface area contributed by atoms with Crippen molar-refractivity contribution >= 4 is 16.8 Å². The first-order valence-electron chi connectivity index (χ1n) is 5.84. The lowest BCUT2D eigenvalue weighted by Gasteiger charge is -2.30. The van der Waals surface area contributed by atoms with Gasteiger partial charge in [0.2, 0.25) is 5.91 Å². The molecule has 1 aliphatic heterocycles. The second-order valence-electron chi connectivity index (χ2n) is 4.59. The molecule has 92 valence electrons. The Bertz CT molecular complexity index is 705. The van der Waals surface area contributed by atoms with Gasteiger partial charge in [0, 0.05) is 7.05 Å². The Morgan fingerprint density at radius 1 is 1.28 bits per heavy atom. The van der Waals surface area contributed by atoms with Gasteiger partial charge in [0.25, 0.3) is 5.56 Å². The molecular weight excluding hydrogens is 230 g/mol. The predicted molar refractivity (Wildman–Crippen MR) is 67.2 cm³/mol. The Morgan fingerprint density at radius 2 is 2.00 bits per heavy atom. The van der Waals surface area contributed by atoms with E-state index < -0.39 is 6.04 Å². The van der Waals surface area contributed by atoms with Gasteiger partial charge in [-0.25, -0.2) is 4.98 Å². The van der Waals surface area contributed by atoms with Gasteiger partial charge < -0.3 is 4.90 Å². The van der Waals surface area contributed by atoms with Gasteiger partial charge in [-0.05, 0) is 19.1 Å². The van der Waals surface area contributed by atoms with E-state index in [0.717, 1.165) is 0 Å².